The predicted octanol–water partition coefficient (Wildman–Crippen LogP) is 3.97. The number of anilines is 2. The first-order valence-corrected chi connectivity index (χ1v) is 9.59. The van der Waals surface area contributed by atoms with Crippen LogP contribution in [0, 0.1) is 13.8 Å². The lowest BCUT2D eigenvalue weighted by molar-refractivity contribution is 0.415. The quantitative estimate of drug-likeness (QED) is 0.496. The fourth-order valence-corrected chi connectivity index (χ4v) is 4.10. The number of nitrogens with two attached hydrogens (primary N) is 1. The van der Waals surface area contributed by atoms with Gasteiger partial charge in [0, 0.05) is 17.3 Å². The molecule has 2 aromatic carbocycles. The van der Waals surface area contributed by atoms with Crippen LogP contribution in [0.15, 0.2) is 36.5 Å². The number of nitrogens with zero attached hydrogens (tertiary/aromatic N) is 4. The van der Waals surface area contributed by atoms with E-state index in [-0.39, 0.29) is 0 Å². The number of benzene rings is 2. The summed E-state index contributed by atoms with van der Waals surface area (Å²) in [5.41, 5.74) is 11.5. The molecule has 2 heterocycles. The Morgan fingerprint density at radius 3 is 2.64 bits per heavy atom. The zero-order chi connectivity index (χ0) is 19.7. The third-order valence-electron chi connectivity index (χ3n) is 4.41. The van der Waals surface area contributed by atoms with E-state index in [1.54, 1.807) is 24.6 Å². The van der Waals surface area contributed by atoms with Gasteiger partial charge in [0.1, 0.15) is 10.8 Å². The van der Waals surface area contributed by atoms with Crippen molar-refractivity contribution in [1.29, 1.82) is 0 Å². The maximum Gasteiger partial charge on any atom is 0.243 e. The second kappa shape index (κ2) is 7.40. The highest BCUT2D eigenvalue weighted by molar-refractivity contribution is 7.18. The summed E-state index contributed by atoms with van der Waals surface area (Å²) in [5, 5.41) is 12.4. The molecule has 0 spiro atoms. The summed E-state index contributed by atoms with van der Waals surface area (Å²) in [7, 11) is 1.65. The van der Waals surface area contributed by atoms with Gasteiger partial charge in [0.15, 0.2) is 0 Å². The second-order valence-corrected chi connectivity index (χ2v) is 7.60. The van der Waals surface area contributed by atoms with E-state index in [0.29, 0.717) is 12.5 Å². The Morgan fingerprint density at radius 1 is 1.11 bits per heavy atom. The number of fused-ring (bicyclic) bond motifs is 1. The van der Waals surface area contributed by atoms with Crippen LogP contribution in [0.3, 0.4) is 0 Å². The average Bonchev–Trinajstić information content (AvgIpc) is 3.08. The molecule has 0 radical (unpaired) electrons. The molecule has 142 valence electrons. The van der Waals surface area contributed by atoms with Crippen molar-refractivity contribution in [2.45, 2.75) is 20.4 Å². The van der Waals surface area contributed by atoms with Crippen LogP contribution in [0.2, 0.25) is 0 Å². The molecule has 2 aromatic heterocycles. The Labute approximate surface area is 166 Å². The summed E-state index contributed by atoms with van der Waals surface area (Å²) in [6, 6.07) is 9.76. The number of methoxy groups -OCH3 is 1. The Balaban J connectivity index is 1.56. The lowest BCUT2D eigenvalue weighted by atomic mass is 9.99. The predicted molar refractivity (Wildman–Crippen MR) is 113 cm³/mol. The molecule has 0 aliphatic carbocycles. The third-order valence-corrected chi connectivity index (χ3v) is 5.44. The van der Waals surface area contributed by atoms with E-state index in [1.807, 2.05) is 44.2 Å². The van der Waals surface area contributed by atoms with Crippen LogP contribution in [0.25, 0.3) is 21.5 Å². The fraction of sp³-hybridized carbons (Fsp3) is 0.200. The van der Waals surface area contributed by atoms with Crippen LogP contribution >= 0.6 is 11.3 Å². The van der Waals surface area contributed by atoms with Gasteiger partial charge in [-0.25, -0.2) is 9.97 Å². The average molecular weight is 392 g/mol. The number of thiazole rings is 1. The Hall–Kier alpha value is -3.26. The van der Waals surface area contributed by atoms with Gasteiger partial charge in [0.2, 0.25) is 5.95 Å². The first-order chi connectivity index (χ1) is 13.5. The number of nitrogen functional groups attached to an aromatic ring is 1. The van der Waals surface area contributed by atoms with Gasteiger partial charge in [-0.2, -0.15) is 5.10 Å². The molecule has 0 amide bonds. The van der Waals surface area contributed by atoms with Crippen molar-refractivity contribution < 1.29 is 4.74 Å². The summed E-state index contributed by atoms with van der Waals surface area (Å²) in [4.78, 5) is 9.26. The van der Waals surface area contributed by atoms with Crippen molar-refractivity contribution in [1.82, 2.24) is 20.2 Å². The van der Waals surface area contributed by atoms with E-state index in [2.05, 4.69) is 25.5 Å². The first kappa shape index (κ1) is 18.1. The lowest BCUT2D eigenvalue weighted by Gasteiger charge is -2.11. The molecule has 0 aliphatic rings. The largest absolute Gasteiger partial charge is 0.497 e. The molecule has 0 saturated carbocycles. The molecule has 8 heteroatoms. The summed E-state index contributed by atoms with van der Waals surface area (Å²) in [6.45, 7) is 4.55. The van der Waals surface area contributed by atoms with Crippen LogP contribution in [0.4, 0.5) is 11.6 Å². The minimum absolute atomic E-state index is 0.463. The summed E-state index contributed by atoms with van der Waals surface area (Å²) < 4.78 is 6.37. The molecule has 7 nitrogen and oxygen atoms in total. The van der Waals surface area contributed by atoms with Gasteiger partial charge in [0.25, 0.3) is 0 Å². The molecule has 28 heavy (non-hydrogen) atoms. The van der Waals surface area contributed by atoms with Crippen LogP contribution < -0.4 is 15.8 Å². The number of rotatable bonds is 5. The highest BCUT2D eigenvalue weighted by Crippen LogP contribution is 2.28. The molecule has 4 aromatic rings. The molecular weight excluding hydrogens is 372 g/mol. The van der Waals surface area contributed by atoms with Crippen LogP contribution in [0.5, 0.6) is 5.75 Å². The van der Waals surface area contributed by atoms with Crippen molar-refractivity contribution in [2.24, 2.45) is 0 Å². The highest BCUT2D eigenvalue weighted by atomic mass is 32.1. The van der Waals surface area contributed by atoms with Gasteiger partial charge in [-0.05, 0) is 49.2 Å². The van der Waals surface area contributed by atoms with E-state index in [4.69, 9.17) is 10.5 Å². The Bertz CT molecular complexity index is 1130. The van der Waals surface area contributed by atoms with Crippen LogP contribution in [-0.2, 0) is 6.54 Å². The van der Waals surface area contributed by atoms with E-state index in [1.165, 1.54) is 0 Å². The van der Waals surface area contributed by atoms with E-state index in [9.17, 15) is 0 Å². The standard InChI is InChI=1S/C20H20N6OS/c1-11-6-13(21)7-12(2)19(11)16-9-23-26-20(25-16)22-10-18-24-15-8-14(27-3)4-5-17(15)28-18/h4-9H,10,21H2,1-3H3,(H,22,25,26). The molecule has 4 rings (SSSR count). The van der Waals surface area contributed by atoms with Crippen molar-refractivity contribution >= 4 is 33.2 Å². The Kier molecular flexibility index (Phi) is 4.79. The smallest absolute Gasteiger partial charge is 0.243 e. The van der Waals surface area contributed by atoms with E-state index in [0.717, 1.165) is 49.0 Å². The summed E-state index contributed by atoms with van der Waals surface area (Å²) in [5.74, 6) is 1.26. The number of nitrogens with one attached hydrogen (secondary N) is 1. The maximum atomic E-state index is 5.92. The molecule has 0 atom stereocenters. The van der Waals surface area contributed by atoms with Gasteiger partial charge < -0.3 is 15.8 Å². The molecule has 0 fully saturated rings. The molecule has 3 N–H and O–H groups in total. The topological polar surface area (TPSA) is 98.8 Å². The molecule has 0 saturated heterocycles. The molecule has 0 bridgehead atoms. The number of aryl methyl sites for hydroxylation is 2. The van der Waals surface area contributed by atoms with Crippen molar-refractivity contribution in [2.75, 3.05) is 18.2 Å². The third kappa shape index (κ3) is 3.59. The molecule has 0 aliphatic heterocycles. The monoisotopic (exact) mass is 392 g/mol. The van der Waals surface area contributed by atoms with E-state index >= 15 is 0 Å². The van der Waals surface area contributed by atoms with Gasteiger partial charge in [-0.1, -0.05) is 0 Å². The number of hydrogen-bond acceptors (Lipinski definition) is 8. The zero-order valence-electron chi connectivity index (χ0n) is 15.9. The second-order valence-electron chi connectivity index (χ2n) is 6.49. The van der Waals surface area contributed by atoms with Crippen molar-refractivity contribution in [3.05, 3.63) is 52.7 Å². The SMILES string of the molecule is COc1ccc2sc(CNc3nncc(-c4c(C)cc(N)cc4C)n3)nc2c1. The number of aromatic nitrogens is 4. The zero-order valence-corrected chi connectivity index (χ0v) is 16.7. The van der Waals surface area contributed by atoms with Crippen LogP contribution in [-0.4, -0.2) is 27.3 Å². The van der Waals surface area contributed by atoms with Gasteiger partial charge >= 0.3 is 0 Å². The minimum atomic E-state index is 0.463. The summed E-state index contributed by atoms with van der Waals surface area (Å²) in [6.07, 6.45) is 1.67. The highest BCUT2D eigenvalue weighted by Gasteiger charge is 2.11. The van der Waals surface area contributed by atoms with E-state index < -0.39 is 0 Å². The van der Waals surface area contributed by atoms with Crippen molar-refractivity contribution in [3.63, 3.8) is 0 Å². The van der Waals surface area contributed by atoms with Crippen LogP contribution in [0.1, 0.15) is 16.1 Å². The first-order valence-electron chi connectivity index (χ1n) is 8.77. The van der Waals surface area contributed by atoms with Gasteiger partial charge in [-0.15, -0.1) is 16.4 Å². The molecular formula is C20H20N6OS. The Morgan fingerprint density at radius 2 is 1.89 bits per heavy atom. The van der Waals surface area contributed by atoms with Gasteiger partial charge in [0.05, 0.1) is 35.8 Å². The number of hydrogen-bond donors (Lipinski definition) is 2. The summed E-state index contributed by atoms with van der Waals surface area (Å²) >= 11 is 1.62. The lowest BCUT2D eigenvalue weighted by Crippen LogP contribution is -2.06. The van der Waals surface area contributed by atoms with Gasteiger partial charge in [-0.3, -0.25) is 0 Å². The minimum Gasteiger partial charge on any atom is -0.497 e. The van der Waals surface area contributed by atoms with Crippen molar-refractivity contribution in [3.8, 4) is 17.0 Å². The maximum absolute atomic E-state index is 5.92. The fourth-order valence-electron chi connectivity index (χ4n) is 3.21. The number of ether oxygens (including phenoxy) is 1. The normalized spacial score (nSPS) is 11.0. The molecule has 0 unspecified atom stereocenters.